The molecular weight excluding hydrogens is 452 g/mol. The number of fused-ring (bicyclic) bond motifs is 1. The second kappa shape index (κ2) is 10.4. The van der Waals surface area contributed by atoms with E-state index in [1.807, 2.05) is 86.8 Å². The second-order valence-corrected chi connectivity index (χ2v) is 9.32. The maximum absolute atomic E-state index is 14.0. The van der Waals surface area contributed by atoms with Gasteiger partial charge in [0.1, 0.15) is 12.7 Å². The molecule has 2 amide bonds. The normalized spacial score (nSPS) is 17.2. The van der Waals surface area contributed by atoms with Crippen LogP contribution in [0.15, 0.2) is 91.0 Å². The van der Waals surface area contributed by atoms with Crippen LogP contribution in [0.5, 0.6) is 0 Å². The molecule has 3 aromatic carbocycles. The maximum atomic E-state index is 14.0. The van der Waals surface area contributed by atoms with E-state index < -0.39 is 12.2 Å². The van der Waals surface area contributed by atoms with Gasteiger partial charge in [-0.05, 0) is 35.1 Å². The molecule has 6 heteroatoms. The zero-order valence-electron chi connectivity index (χ0n) is 20.5. The van der Waals surface area contributed by atoms with Crippen molar-refractivity contribution < 1.29 is 19.1 Å². The molecule has 6 nitrogen and oxygen atoms in total. The number of ether oxygens (including phenoxy) is 2. The Balaban J connectivity index is 1.46. The Labute approximate surface area is 211 Å². The van der Waals surface area contributed by atoms with Gasteiger partial charge in [-0.15, -0.1) is 0 Å². The van der Waals surface area contributed by atoms with E-state index in [0.29, 0.717) is 6.42 Å². The molecule has 0 N–H and O–H groups in total. The van der Waals surface area contributed by atoms with Gasteiger partial charge in [0.25, 0.3) is 5.91 Å². The van der Waals surface area contributed by atoms with Crippen molar-refractivity contribution in [2.75, 3.05) is 6.61 Å². The summed E-state index contributed by atoms with van der Waals surface area (Å²) in [7, 11) is 2.00. The fourth-order valence-electron chi connectivity index (χ4n) is 5.00. The van der Waals surface area contributed by atoms with Gasteiger partial charge in [-0.2, -0.15) is 0 Å². The largest absolute Gasteiger partial charge is 0.447 e. The third-order valence-corrected chi connectivity index (χ3v) is 6.94. The van der Waals surface area contributed by atoms with E-state index >= 15 is 0 Å². The number of aromatic nitrogens is 1. The number of imide groups is 1. The molecular formula is C30H30N2O4. The van der Waals surface area contributed by atoms with Crippen LogP contribution < -0.4 is 0 Å². The Hall–Kier alpha value is -3.90. The van der Waals surface area contributed by atoms with E-state index in [0.717, 1.165) is 27.7 Å². The lowest BCUT2D eigenvalue weighted by Gasteiger charge is -2.29. The average molecular weight is 483 g/mol. The lowest BCUT2D eigenvalue weighted by atomic mass is 9.97. The first-order chi connectivity index (χ1) is 17.5. The topological polar surface area (TPSA) is 60.8 Å². The fraction of sp³-hybridized carbons (Fsp3) is 0.267. The van der Waals surface area contributed by atoms with Gasteiger partial charge in [0.2, 0.25) is 0 Å². The van der Waals surface area contributed by atoms with Gasteiger partial charge in [0.05, 0.1) is 12.6 Å². The van der Waals surface area contributed by atoms with Crippen molar-refractivity contribution in [1.82, 2.24) is 9.47 Å². The van der Waals surface area contributed by atoms with Gasteiger partial charge in [-0.1, -0.05) is 85.8 Å². The summed E-state index contributed by atoms with van der Waals surface area (Å²) in [5.41, 5.74) is 4.05. The molecule has 0 saturated carbocycles. The van der Waals surface area contributed by atoms with Crippen LogP contribution in [0.25, 0.3) is 10.9 Å². The second-order valence-electron chi connectivity index (χ2n) is 9.32. The lowest BCUT2D eigenvalue weighted by Crippen LogP contribution is -2.48. The van der Waals surface area contributed by atoms with Gasteiger partial charge >= 0.3 is 6.09 Å². The minimum atomic E-state index is -0.864. The average Bonchev–Trinajstić information content (AvgIpc) is 3.44. The molecule has 0 radical (unpaired) electrons. The van der Waals surface area contributed by atoms with Crippen LogP contribution in [-0.2, 0) is 34.3 Å². The SMILES string of the molecule is C[C@H](c1cc2ccccc2n1C)[C@H](OCc1ccccc1)C(=O)N1C(=O)OC[C@H]1Cc1ccccc1. The Morgan fingerprint density at radius 3 is 2.31 bits per heavy atom. The fourth-order valence-corrected chi connectivity index (χ4v) is 5.00. The Morgan fingerprint density at radius 1 is 0.972 bits per heavy atom. The van der Waals surface area contributed by atoms with Crippen molar-refractivity contribution in [3.05, 3.63) is 108 Å². The molecule has 2 heterocycles. The molecule has 184 valence electrons. The molecule has 4 aromatic rings. The number of benzene rings is 3. The monoisotopic (exact) mass is 482 g/mol. The summed E-state index contributed by atoms with van der Waals surface area (Å²) < 4.78 is 13.7. The van der Waals surface area contributed by atoms with Crippen LogP contribution in [0.4, 0.5) is 4.79 Å². The maximum Gasteiger partial charge on any atom is 0.417 e. The van der Waals surface area contributed by atoms with Crippen LogP contribution in [0.2, 0.25) is 0 Å². The molecule has 1 aliphatic heterocycles. The molecule has 1 aromatic heterocycles. The van der Waals surface area contributed by atoms with Gasteiger partial charge in [-0.25, -0.2) is 9.69 Å². The van der Waals surface area contributed by atoms with Gasteiger partial charge < -0.3 is 14.0 Å². The zero-order chi connectivity index (χ0) is 25.1. The number of hydrogen-bond acceptors (Lipinski definition) is 4. The Morgan fingerprint density at radius 2 is 1.61 bits per heavy atom. The third-order valence-electron chi connectivity index (χ3n) is 6.94. The molecule has 5 rings (SSSR count). The third kappa shape index (κ3) is 4.77. The van der Waals surface area contributed by atoms with Crippen molar-refractivity contribution >= 4 is 22.9 Å². The number of amides is 2. The highest BCUT2D eigenvalue weighted by Crippen LogP contribution is 2.31. The van der Waals surface area contributed by atoms with Crippen LogP contribution >= 0.6 is 0 Å². The van der Waals surface area contributed by atoms with Crippen LogP contribution in [0, 0.1) is 0 Å². The summed E-state index contributed by atoms with van der Waals surface area (Å²) >= 11 is 0. The number of carbonyl (C=O) groups is 2. The van der Waals surface area contributed by atoms with E-state index in [4.69, 9.17) is 9.47 Å². The first-order valence-corrected chi connectivity index (χ1v) is 12.3. The Kier molecular flexibility index (Phi) is 6.87. The van der Waals surface area contributed by atoms with E-state index in [-0.39, 0.29) is 31.1 Å². The standard InChI is InChI=1S/C30H30N2O4/c1-21(27-18-24-15-9-10-16-26(24)31(27)2)28(35-19-23-13-7-4-8-14-23)29(33)32-25(20-36-30(32)34)17-22-11-5-3-6-12-22/h3-16,18,21,25,28H,17,19-20H2,1-2H3/t21-,25-,28+/m1/s1. The van der Waals surface area contributed by atoms with Crippen LogP contribution in [0.1, 0.15) is 29.7 Å². The number of cyclic esters (lactones) is 1. The number of aryl methyl sites for hydroxylation is 1. The molecule has 1 saturated heterocycles. The molecule has 3 atom stereocenters. The predicted molar refractivity (Wildman–Crippen MR) is 138 cm³/mol. The van der Waals surface area contributed by atoms with E-state index in [1.165, 1.54) is 4.90 Å². The number of rotatable bonds is 8. The van der Waals surface area contributed by atoms with Crippen molar-refractivity contribution in [3.63, 3.8) is 0 Å². The van der Waals surface area contributed by atoms with E-state index in [1.54, 1.807) is 0 Å². The van der Waals surface area contributed by atoms with Crippen LogP contribution in [-0.4, -0.2) is 40.2 Å². The molecule has 1 fully saturated rings. The summed E-state index contributed by atoms with van der Waals surface area (Å²) in [6.07, 6.45) is -0.942. The first kappa shape index (κ1) is 23.8. The highest BCUT2D eigenvalue weighted by atomic mass is 16.6. The summed E-state index contributed by atoms with van der Waals surface area (Å²) in [5.74, 6) is -0.670. The van der Waals surface area contributed by atoms with Crippen molar-refractivity contribution in [2.24, 2.45) is 7.05 Å². The molecule has 36 heavy (non-hydrogen) atoms. The molecule has 0 aliphatic carbocycles. The minimum absolute atomic E-state index is 0.174. The van der Waals surface area contributed by atoms with Gasteiger partial charge in [-0.3, -0.25) is 4.79 Å². The summed E-state index contributed by atoms with van der Waals surface area (Å²) in [4.78, 5) is 28.1. The van der Waals surface area contributed by atoms with Crippen molar-refractivity contribution in [1.29, 1.82) is 0 Å². The number of hydrogen-bond donors (Lipinski definition) is 0. The highest BCUT2D eigenvalue weighted by Gasteiger charge is 2.43. The zero-order valence-corrected chi connectivity index (χ0v) is 20.5. The number of para-hydroxylation sites is 1. The first-order valence-electron chi connectivity index (χ1n) is 12.3. The number of nitrogens with zero attached hydrogens (tertiary/aromatic N) is 2. The summed E-state index contributed by atoms with van der Waals surface area (Å²) in [6.45, 7) is 2.42. The molecule has 1 aliphatic rings. The minimum Gasteiger partial charge on any atom is -0.447 e. The molecule has 0 bridgehead atoms. The smallest absolute Gasteiger partial charge is 0.417 e. The van der Waals surface area contributed by atoms with Crippen LogP contribution in [0.3, 0.4) is 0 Å². The molecule has 0 spiro atoms. The lowest BCUT2D eigenvalue weighted by molar-refractivity contribution is -0.144. The number of carbonyl (C=O) groups excluding carboxylic acids is 2. The van der Waals surface area contributed by atoms with Crippen molar-refractivity contribution in [2.45, 2.75) is 38.0 Å². The predicted octanol–water partition coefficient (Wildman–Crippen LogP) is 5.46. The highest BCUT2D eigenvalue weighted by molar-refractivity contribution is 5.96. The van der Waals surface area contributed by atoms with E-state index in [2.05, 4.69) is 22.8 Å². The van der Waals surface area contributed by atoms with E-state index in [9.17, 15) is 9.59 Å². The summed E-state index contributed by atoms with van der Waals surface area (Å²) in [5, 5.41) is 1.10. The summed E-state index contributed by atoms with van der Waals surface area (Å²) in [6, 6.07) is 29.4. The Bertz CT molecular complexity index is 1350. The van der Waals surface area contributed by atoms with Gasteiger partial charge in [0.15, 0.2) is 0 Å². The van der Waals surface area contributed by atoms with Gasteiger partial charge in [0, 0.05) is 24.2 Å². The van der Waals surface area contributed by atoms with Crippen molar-refractivity contribution in [3.8, 4) is 0 Å². The quantitative estimate of drug-likeness (QED) is 0.335. The molecule has 0 unspecified atom stereocenters.